The minimum absolute atomic E-state index is 0.219. The van der Waals surface area contributed by atoms with Crippen molar-refractivity contribution in [2.45, 2.75) is 12.7 Å². The average Bonchev–Trinajstić information content (AvgIpc) is 2.30. The van der Waals surface area contributed by atoms with Crippen LogP contribution in [0.5, 0.6) is 0 Å². The van der Waals surface area contributed by atoms with E-state index in [1.807, 2.05) is 18.2 Å². The molecule has 2 aromatic rings. The minimum Gasteiger partial charge on any atom is -0.190 e. The molecule has 0 unspecified atom stereocenters. The Labute approximate surface area is 97.1 Å². The Morgan fingerprint density at radius 1 is 0.882 bits per heavy atom. The predicted octanol–water partition coefficient (Wildman–Crippen LogP) is 3.04. The SMILES string of the molecule is FC(F)(F)c1cccc[n+]1Cc1ccccc1. The Bertz CT molecular complexity index is 492. The van der Waals surface area contributed by atoms with Crippen molar-refractivity contribution in [1.29, 1.82) is 0 Å². The van der Waals surface area contributed by atoms with Crippen LogP contribution in [0, 0.1) is 0 Å². The van der Waals surface area contributed by atoms with Crippen molar-refractivity contribution >= 4 is 0 Å². The van der Waals surface area contributed by atoms with Gasteiger partial charge in [0.05, 0.1) is 0 Å². The third-order valence-electron chi connectivity index (χ3n) is 2.43. The van der Waals surface area contributed by atoms with E-state index >= 15 is 0 Å². The molecule has 1 aromatic heterocycles. The topological polar surface area (TPSA) is 3.88 Å². The second kappa shape index (κ2) is 4.57. The van der Waals surface area contributed by atoms with Gasteiger partial charge in [-0.3, -0.25) is 0 Å². The standard InChI is InChI=1S/C13H11F3N/c14-13(15,16)12-8-4-5-9-17(12)10-11-6-2-1-3-7-11/h1-9H,10H2/q+1. The number of halogens is 3. The number of rotatable bonds is 2. The predicted molar refractivity (Wildman–Crippen MR) is 57.2 cm³/mol. The maximum atomic E-state index is 12.7. The summed E-state index contributed by atoms with van der Waals surface area (Å²) in [5.41, 5.74) is 0.207. The van der Waals surface area contributed by atoms with Crippen LogP contribution in [0.3, 0.4) is 0 Å². The van der Waals surface area contributed by atoms with Gasteiger partial charge in [-0.15, -0.1) is 0 Å². The van der Waals surface area contributed by atoms with Crippen molar-refractivity contribution in [3.05, 3.63) is 66.0 Å². The lowest BCUT2D eigenvalue weighted by Crippen LogP contribution is -2.42. The molecule has 0 amide bonds. The lowest BCUT2D eigenvalue weighted by atomic mass is 10.2. The fourth-order valence-corrected chi connectivity index (χ4v) is 1.65. The number of hydrogen-bond acceptors (Lipinski definition) is 0. The molecule has 0 saturated carbocycles. The van der Waals surface area contributed by atoms with E-state index in [1.54, 1.807) is 18.2 Å². The van der Waals surface area contributed by atoms with Gasteiger partial charge in [-0.25, -0.2) is 0 Å². The zero-order valence-corrected chi connectivity index (χ0v) is 8.98. The summed E-state index contributed by atoms with van der Waals surface area (Å²) in [7, 11) is 0. The first-order valence-electron chi connectivity index (χ1n) is 5.17. The molecule has 1 heterocycles. The largest absolute Gasteiger partial charge is 0.477 e. The highest BCUT2D eigenvalue weighted by atomic mass is 19.4. The fraction of sp³-hybridized carbons (Fsp3) is 0.154. The van der Waals surface area contributed by atoms with Crippen LogP contribution in [0.4, 0.5) is 13.2 Å². The van der Waals surface area contributed by atoms with Gasteiger partial charge in [-0.2, -0.15) is 17.7 Å². The lowest BCUT2D eigenvalue weighted by Gasteiger charge is -2.06. The van der Waals surface area contributed by atoms with E-state index in [2.05, 4.69) is 0 Å². The normalized spacial score (nSPS) is 11.5. The first-order chi connectivity index (χ1) is 8.07. The summed E-state index contributed by atoms with van der Waals surface area (Å²) in [5, 5.41) is 0. The molecule has 0 atom stereocenters. The van der Waals surface area contributed by atoms with Crippen molar-refractivity contribution in [2.24, 2.45) is 0 Å². The number of alkyl halides is 3. The second-order valence-corrected chi connectivity index (χ2v) is 3.70. The maximum Gasteiger partial charge on any atom is 0.477 e. The van der Waals surface area contributed by atoms with Crippen LogP contribution >= 0.6 is 0 Å². The van der Waals surface area contributed by atoms with E-state index in [0.717, 1.165) is 11.6 Å². The molecule has 0 bridgehead atoms. The van der Waals surface area contributed by atoms with Gasteiger partial charge in [0.25, 0.3) is 5.69 Å². The Morgan fingerprint density at radius 2 is 1.53 bits per heavy atom. The summed E-state index contributed by atoms with van der Waals surface area (Å²) in [4.78, 5) is 0. The zero-order valence-electron chi connectivity index (χ0n) is 8.98. The highest BCUT2D eigenvalue weighted by Gasteiger charge is 2.40. The number of hydrogen-bond donors (Lipinski definition) is 0. The van der Waals surface area contributed by atoms with Gasteiger partial charge in [0, 0.05) is 17.7 Å². The molecule has 0 fully saturated rings. The van der Waals surface area contributed by atoms with E-state index in [0.29, 0.717) is 0 Å². The summed E-state index contributed by atoms with van der Waals surface area (Å²) in [6.45, 7) is 0.219. The summed E-state index contributed by atoms with van der Waals surface area (Å²) in [5.74, 6) is 0. The lowest BCUT2D eigenvalue weighted by molar-refractivity contribution is -0.707. The number of aromatic nitrogens is 1. The van der Waals surface area contributed by atoms with E-state index < -0.39 is 11.9 Å². The van der Waals surface area contributed by atoms with Crippen LogP contribution in [0.2, 0.25) is 0 Å². The molecule has 1 nitrogen and oxygen atoms in total. The van der Waals surface area contributed by atoms with Crippen LogP contribution < -0.4 is 4.57 Å². The minimum atomic E-state index is -4.32. The van der Waals surface area contributed by atoms with Gasteiger partial charge in [0.1, 0.15) is 0 Å². The van der Waals surface area contributed by atoms with Gasteiger partial charge in [0.15, 0.2) is 12.7 Å². The smallest absolute Gasteiger partial charge is 0.190 e. The molecule has 0 aliphatic heterocycles. The van der Waals surface area contributed by atoms with Crippen LogP contribution in [0.25, 0.3) is 0 Å². The molecular formula is C13H11F3N+. The third-order valence-corrected chi connectivity index (χ3v) is 2.43. The van der Waals surface area contributed by atoms with E-state index in [4.69, 9.17) is 0 Å². The number of benzene rings is 1. The van der Waals surface area contributed by atoms with Crippen molar-refractivity contribution in [1.82, 2.24) is 0 Å². The van der Waals surface area contributed by atoms with Gasteiger partial charge in [0.2, 0.25) is 0 Å². The van der Waals surface area contributed by atoms with Crippen molar-refractivity contribution in [3.63, 3.8) is 0 Å². The molecular weight excluding hydrogens is 227 g/mol. The van der Waals surface area contributed by atoms with Gasteiger partial charge in [-0.05, 0) is 6.07 Å². The first kappa shape index (κ1) is 11.6. The fourth-order valence-electron chi connectivity index (χ4n) is 1.65. The van der Waals surface area contributed by atoms with Crippen molar-refractivity contribution in [2.75, 3.05) is 0 Å². The van der Waals surface area contributed by atoms with E-state index in [1.165, 1.54) is 16.8 Å². The maximum absolute atomic E-state index is 12.7. The van der Waals surface area contributed by atoms with Gasteiger partial charge >= 0.3 is 6.18 Å². The van der Waals surface area contributed by atoms with E-state index in [-0.39, 0.29) is 6.54 Å². The molecule has 17 heavy (non-hydrogen) atoms. The summed E-state index contributed by atoms with van der Waals surface area (Å²) < 4.78 is 39.4. The Hall–Kier alpha value is -1.84. The summed E-state index contributed by atoms with van der Waals surface area (Å²) >= 11 is 0. The highest BCUT2D eigenvalue weighted by molar-refractivity contribution is 5.13. The molecule has 0 N–H and O–H groups in total. The monoisotopic (exact) mass is 238 g/mol. The van der Waals surface area contributed by atoms with Gasteiger partial charge < -0.3 is 0 Å². The molecule has 0 radical (unpaired) electrons. The van der Waals surface area contributed by atoms with Crippen molar-refractivity contribution < 1.29 is 17.7 Å². The molecule has 2 rings (SSSR count). The third kappa shape index (κ3) is 2.84. The van der Waals surface area contributed by atoms with Crippen LogP contribution in [0.15, 0.2) is 54.7 Å². The quantitative estimate of drug-likeness (QED) is 0.708. The molecule has 0 aliphatic rings. The van der Waals surface area contributed by atoms with Crippen LogP contribution in [-0.4, -0.2) is 0 Å². The first-order valence-corrected chi connectivity index (χ1v) is 5.17. The summed E-state index contributed by atoms with van der Waals surface area (Å²) in [6.07, 6.45) is -2.88. The zero-order chi connectivity index (χ0) is 12.3. The van der Waals surface area contributed by atoms with E-state index in [9.17, 15) is 13.2 Å². The summed E-state index contributed by atoms with van der Waals surface area (Å²) in [6, 6.07) is 13.1. The second-order valence-electron chi connectivity index (χ2n) is 3.70. The Morgan fingerprint density at radius 3 is 2.18 bits per heavy atom. The molecule has 4 heteroatoms. The average molecular weight is 238 g/mol. The Balaban J connectivity index is 2.34. The Kier molecular flexibility index (Phi) is 3.13. The van der Waals surface area contributed by atoms with Crippen LogP contribution in [0.1, 0.15) is 11.3 Å². The van der Waals surface area contributed by atoms with Crippen molar-refractivity contribution in [3.8, 4) is 0 Å². The molecule has 0 aliphatic carbocycles. The number of nitrogens with zero attached hydrogens (tertiary/aromatic N) is 1. The highest BCUT2D eigenvalue weighted by Crippen LogP contribution is 2.26. The molecule has 0 saturated heterocycles. The molecule has 88 valence electrons. The van der Waals surface area contributed by atoms with Crippen LogP contribution in [-0.2, 0) is 12.7 Å². The number of pyridine rings is 1. The molecule has 1 aromatic carbocycles. The van der Waals surface area contributed by atoms with Gasteiger partial charge in [-0.1, -0.05) is 30.3 Å². The molecule has 0 spiro atoms.